The first-order chi connectivity index (χ1) is 36.0. The maximum atomic E-state index is 12.8. The van der Waals surface area contributed by atoms with Crippen molar-refractivity contribution in [2.75, 3.05) is 13.2 Å². The van der Waals surface area contributed by atoms with Gasteiger partial charge in [-0.2, -0.15) is 0 Å². The summed E-state index contributed by atoms with van der Waals surface area (Å²) >= 11 is 0. The van der Waals surface area contributed by atoms with Crippen molar-refractivity contribution < 1.29 is 28.6 Å². The molecule has 0 saturated carbocycles. The zero-order chi connectivity index (χ0) is 52.9. The lowest BCUT2D eigenvalue weighted by atomic mass is 10.1. The first kappa shape index (κ1) is 68.3. The van der Waals surface area contributed by atoms with Crippen LogP contribution in [0, 0.1) is 0 Å². The molecule has 0 aliphatic carbocycles. The lowest BCUT2D eigenvalue weighted by Crippen LogP contribution is -2.30. The average Bonchev–Trinajstić information content (AvgIpc) is 3.39. The molecule has 0 saturated heterocycles. The Hall–Kier alpha value is -4.71. The molecule has 1 atom stereocenters. The minimum atomic E-state index is -0.808. The highest BCUT2D eigenvalue weighted by atomic mass is 16.6. The van der Waals surface area contributed by atoms with Crippen molar-refractivity contribution in [3.63, 3.8) is 0 Å². The fourth-order valence-corrected chi connectivity index (χ4v) is 7.45. The number of carbonyl (C=O) groups is 3. The topological polar surface area (TPSA) is 78.9 Å². The number of rotatable bonds is 51. The number of ether oxygens (including phenoxy) is 3. The van der Waals surface area contributed by atoms with Gasteiger partial charge in [-0.05, 0) is 135 Å². The molecule has 0 amide bonds. The van der Waals surface area contributed by atoms with Gasteiger partial charge in [-0.1, -0.05) is 231 Å². The lowest BCUT2D eigenvalue weighted by molar-refractivity contribution is -0.167. The molecular formula is C67H106O6. The van der Waals surface area contributed by atoms with Crippen LogP contribution in [0.1, 0.15) is 239 Å². The van der Waals surface area contributed by atoms with Crippen LogP contribution in [0.15, 0.2) is 146 Å². The molecule has 0 spiro atoms. The Labute approximate surface area is 448 Å². The molecule has 0 fully saturated rings. The van der Waals surface area contributed by atoms with Crippen LogP contribution in [-0.2, 0) is 28.6 Å². The zero-order valence-electron chi connectivity index (χ0n) is 46.8. The Kier molecular flexibility index (Phi) is 56.0. The summed E-state index contributed by atoms with van der Waals surface area (Å²) in [6.45, 7) is 6.31. The predicted octanol–water partition coefficient (Wildman–Crippen LogP) is 20.0. The third-order valence-corrected chi connectivity index (χ3v) is 11.8. The third kappa shape index (κ3) is 58.1. The molecule has 410 valence electrons. The van der Waals surface area contributed by atoms with Gasteiger partial charge in [0.05, 0.1) is 0 Å². The van der Waals surface area contributed by atoms with Gasteiger partial charge in [0, 0.05) is 19.3 Å². The second-order valence-electron chi connectivity index (χ2n) is 18.8. The SMILES string of the molecule is CC/C=C\C/C=C\C/C=C\C/C=C\C/C=C\C/C=C\C/C=C\C/C=C\CCCCCCCCC(=O)OCC(COC(=O)CCCCCCC/C=C\CCCC)OC(=O)CCCCC/C=C\C/C=C\C/C=C\CC. The fourth-order valence-electron chi connectivity index (χ4n) is 7.45. The van der Waals surface area contributed by atoms with E-state index in [2.05, 4.69) is 167 Å². The van der Waals surface area contributed by atoms with Crippen molar-refractivity contribution >= 4 is 17.9 Å². The van der Waals surface area contributed by atoms with Crippen molar-refractivity contribution in [2.24, 2.45) is 0 Å². The molecule has 1 unspecified atom stereocenters. The molecule has 0 aromatic heterocycles. The van der Waals surface area contributed by atoms with Gasteiger partial charge in [0.15, 0.2) is 6.10 Å². The molecule has 0 aromatic rings. The van der Waals surface area contributed by atoms with Gasteiger partial charge in [-0.25, -0.2) is 0 Å². The summed E-state index contributed by atoms with van der Waals surface area (Å²) in [6, 6.07) is 0. The summed E-state index contributed by atoms with van der Waals surface area (Å²) in [7, 11) is 0. The highest BCUT2D eigenvalue weighted by Crippen LogP contribution is 2.13. The van der Waals surface area contributed by atoms with Crippen LogP contribution in [-0.4, -0.2) is 37.2 Å². The van der Waals surface area contributed by atoms with Crippen molar-refractivity contribution in [3.05, 3.63) is 146 Å². The molecule has 0 rings (SSSR count). The van der Waals surface area contributed by atoms with E-state index >= 15 is 0 Å². The summed E-state index contributed by atoms with van der Waals surface area (Å²) in [5.74, 6) is -0.966. The number of unbranched alkanes of at least 4 members (excludes halogenated alkanes) is 16. The molecule has 0 N–H and O–H groups in total. The van der Waals surface area contributed by atoms with E-state index in [0.717, 1.165) is 161 Å². The Morgan fingerprint density at radius 1 is 0.288 bits per heavy atom. The summed E-state index contributed by atoms with van der Waals surface area (Å²) in [5, 5.41) is 0. The highest BCUT2D eigenvalue weighted by Gasteiger charge is 2.19. The van der Waals surface area contributed by atoms with Gasteiger partial charge >= 0.3 is 17.9 Å². The molecule has 0 aromatic carbocycles. The first-order valence-electron chi connectivity index (χ1n) is 29.3. The Morgan fingerprint density at radius 3 is 0.863 bits per heavy atom. The van der Waals surface area contributed by atoms with Crippen molar-refractivity contribution in [1.82, 2.24) is 0 Å². The van der Waals surface area contributed by atoms with Crippen LogP contribution in [0.25, 0.3) is 0 Å². The Bertz CT molecular complexity index is 1630. The van der Waals surface area contributed by atoms with Gasteiger partial charge in [0.2, 0.25) is 0 Å². The first-order valence-corrected chi connectivity index (χ1v) is 29.3. The lowest BCUT2D eigenvalue weighted by Gasteiger charge is -2.18. The van der Waals surface area contributed by atoms with Crippen LogP contribution in [0.2, 0.25) is 0 Å². The fraction of sp³-hybridized carbons (Fsp3) is 0.597. The molecule has 0 radical (unpaired) electrons. The number of hydrogen-bond acceptors (Lipinski definition) is 6. The number of esters is 3. The van der Waals surface area contributed by atoms with Crippen LogP contribution in [0.5, 0.6) is 0 Å². The number of allylic oxidation sites excluding steroid dienone is 24. The van der Waals surface area contributed by atoms with E-state index in [1.807, 2.05) is 0 Å². The third-order valence-electron chi connectivity index (χ3n) is 11.8. The van der Waals surface area contributed by atoms with E-state index in [9.17, 15) is 14.4 Å². The smallest absolute Gasteiger partial charge is 0.306 e. The molecule has 6 heteroatoms. The highest BCUT2D eigenvalue weighted by molar-refractivity contribution is 5.71. The number of carbonyl (C=O) groups excluding carboxylic acids is 3. The van der Waals surface area contributed by atoms with Crippen molar-refractivity contribution in [2.45, 2.75) is 245 Å². The monoisotopic (exact) mass is 1010 g/mol. The van der Waals surface area contributed by atoms with Crippen molar-refractivity contribution in [1.29, 1.82) is 0 Å². The standard InChI is InChI=1S/C67H106O6/c1-4-7-10-13-16-19-22-24-25-26-27-28-29-30-31-32-33-34-35-36-37-38-39-40-41-43-45-48-51-54-57-60-66(69)72-63-64(62-71-65(68)59-56-53-50-47-44-21-18-15-12-9-6-3)73-67(70)61-58-55-52-49-46-42-23-20-17-14-11-8-5-2/h7-8,10-11,15-20,24-25,27-28,30-31,33-34,36-37,39-40,42,46,64H,4-6,9,12-14,21-23,26,29,32,35,38,41,43-45,47-63H2,1-3H3/b10-7-,11-8-,18-15-,19-16-,20-17-,25-24-,28-27-,31-30-,34-33-,37-36-,40-39-,46-42-. The Balaban J connectivity index is 4.30. The molecule has 0 aliphatic heterocycles. The van der Waals surface area contributed by atoms with Crippen LogP contribution in [0.4, 0.5) is 0 Å². The van der Waals surface area contributed by atoms with E-state index in [1.54, 1.807) is 0 Å². The molecule has 0 heterocycles. The minimum Gasteiger partial charge on any atom is -0.462 e. The molecule has 73 heavy (non-hydrogen) atoms. The van der Waals surface area contributed by atoms with Gasteiger partial charge in [0.1, 0.15) is 13.2 Å². The van der Waals surface area contributed by atoms with Crippen LogP contribution >= 0.6 is 0 Å². The van der Waals surface area contributed by atoms with E-state index in [0.29, 0.717) is 12.8 Å². The normalized spacial score (nSPS) is 13.2. The Morgan fingerprint density at radius 2 is 0.534 bits per heavy atom. The number of hydrogen-bond donors (Lipinski definition) is 0. The van der Waals surface area contributed by atoms with Crippen LogP contribution < -0.4 is 0 Å². The van der Waals surface area contributed by atoms with E-state index in [1.165, 1.54) is 38.5 Å². The average molecular weight is 1010 g/mol. The zero-order valence-corrected chi connectivity index (χ0v) is 46.8. The summed E-state index contributed by atoms with van der Waals surface area (Å²) in [6.07, 6.45) is 85.7. The van der Waals surface area contributed by atoms with Gasteiger partial charge < -0.3 is 14.2 Å². The van der Waals surface area contributed by atoms with Gasteiger partial charge in [-0.15, -0.1) is 0 Å². The second-order valence-corrected chi connectivity index (χ2v) is 18.8. The summed E-state index contributed by atoms with van der Waals surface area (Å²) in [4.78, 5) is 38.0. The second kappa shape index (κ2) is 59.8. The molecule has 0 bridgehead atoms. The van der Waals surface area contributed by atoms with E-state index in [4.69, 9.17) is 14.2 Å². The van der Waals surface area contributed by atoms with Crippen molar-refractivity contribution in [3.8, 4) is 0 Å². The predicted molar refractivity (Wildman–Crippen MR) is 315 cm³/mol. The van der Waals surface area contributed by atoms with E-state index in [-0.39, 0.29) is 37.5 Å². The van der Waals surface area contributed by atoms with Gasteiger partial charge in [-0.3, -0.25) is 14.4 Å². The maximum absolute atomic E-state index is 12.8. The van der Waals surface area contributed by atoms with Gasteiger partial charge in [0.25, 0.3) is 0 Å². The molecular weight excluding hydrogens is 901 g/mol. The molecule has 6 nitrogen and oxygen atoms in total. The summed E-state index contributed by atoms with van der Waals surface area (Å²) in [5.41, 5.74) is 0. The van der Waals surface area contributed by atoms with Crippen LogP contribution in [0.3, 0.4) is 0 Å². The van der Waals surface area contributed by atoms with E-state index < -0.39 is 6.10 Å². The summed E-state index contributed by atoms with van der Waals surface area (Å²) < 4.78 is 16.8. The maximum Gasteiger partial charge on any atom is 0.306 e. The largest absolute Gasteiger partial charge is 0.462 e. The quantitative estimate of drug-likeness (QED) is 0.0261. The molecule has 0 aliphatic rings. The minimum absolute atomic E-state index is 0.104.